The van der Waals surface area contributed by atoms with Crippen molar-refractivity contribution in [3.05, 3.63) is 48.5 Å². The summed E-state index contributed by atoms with van der Waals surface area (Å²) >= 11 is 0. The summed E-state index contributed by atoms with van der Waals surface area (Å²) in [6, 6.07) is 14.6. The largest absolute Gasteiger partial charge is 0.495 e. The number of hydrogen-bond acceptors (Lipinski definition) is 6. The van der Waals surface area contributed by atoms with Crippen molar-refractivity contribution < 1.29 is 22.7 Å². The Kier molecular flexibility index (Phi) is 7.84. The zero-order chi connectivity index (χ0) is 23.1. The lowest BCUT2D eigenvalue weighted by Gasteiger charge is -2.37. The van der Waals surface area contributed by atoms with Gasteiger partial charge in [0.2, 0.25) is 15.9 Å². The highest BCUT2D eigenvalue weighted by Gasteiger charge is 2.27. The first-order valence-corrected chi connectivity index (χ1v) is 12.5. The number of methoxy groups -OCH3 is 1. The molecule has 2 aromatic carbocycles. The predicted octanol–water partition coefficient (Wildman–Crippen LogP) is 2.60. The Balaban J connectivity index is 1.65. The van der Waals surface area contributed by atoms with E-state index >= 15 is 0 Å². The van der Waals surface area contributed by atoms with Crippen molar-refractivity contribution in [3.63, 3.8) is 0 Å². The van der Waals surface area contributed by atoms with E-state index in [1.54, 1.807) is 36.3 Å². The van der Waals surface area contributed by atoms with Crippen molar-refractivity contribution in [2.75, 3.05) is 61.9 Å². The maximum atomic E-state index is 13.0. The van der Waals surface area contributed by atoms with Crippen LogP contribution in [0.5, 0.6) is 11.5 Å². The molecule has 32 heavy (non-hydrogen) atoms. The molecular weight excluding hydrogens is 430 g/mol. The van der Waals surface area contributed by atoms with Gasteiger partial charge in [0, 0.05) is 26.2 Å². The van der Waals surface area contributed by atoms with Crippen LogP contribution in [-0.2, 0) is 14.8 Å². The van der Waals surface area contributed by atoms with Crippen molar-refractivity contribution in [1.29, 1.82) is 0 Å². The van der Waals surface area contributed by atoms with E-state index in [9.17, 15) is 13.2 Å². The fraction of sp³-hybridized carbons (Fsp3) is 0.435. The van der Waals surface area contributed by atoms with Crippen molar-refractivity contribution in [1.82, 2.24) is 4.90 Å². The molecule has 1 saturated heterocycles. The number of anilines is 2. The van der Waals surface area contributed by atoms with Crippen LogP contribution in [0.25, 0.3) is 0 Å². The number of carbonyl (C=O) groups is 1. The number of benzene rings is 2. The van der Waals surface area contributed by atoms with Gasteiger partial charge in [-0.1, -0.05) is 19.1 Å². The van der Waals surface area contributed by atoms with E-state index in [0.717, 1.165) is 28.4 Å². The monoisotopic (exact) mass is 461 g/mol. The first-order chi connectivity index (χ1) is 15.3. The number of rotatable bonds is 9. The van der Waals surface area contributed by atoms with Gasteiger partial charge in [-0.3, -0.25) is 9.10 Å². The van der Waals surface area contributed by atoms with Crippen LogP contribution in [0.1, 0.15) is 13.3 Å². The number of ether oxygens (including phenoxy) is 2. The minimum Gasteiger partial charge on any atom is -0.495 e. The molecule has 3 rings (SSSR count). The summed E-state index contributed by atoms with van der Waals surface area (Å²) < 4.78 is 37.0. The van der Waals surface area contributed by atoms with Crippen LogP contribution in [0.3, 0.4) is 0 Å². The zero-order valence-corrected chi connectivity index (χ0v) is 19.7. The molecule has 1 amide bonds. The van der Waals surface area contributed by atoms with Crippen molar-refractivity contribution in [3.8, 4) is 11.5 Å². The first-order valence-electron chi connectivity index (χ1n) is 10.7. The number of hydrogen-bond donors (Lipinski definition) is 0. The van der Waals surface area contributed by atoms with Crippen LogP contribution in [0.2, 0.25) is 0 Å². The maximum Gasteiger partial charge on any atom is 0.243 e. The molecule has 1 aliphatic heterocycles. The topological polar surface area (TPSA) is 79.4 Å². The summed E-state index contributed by atoms with van der Waals surface area (Å²) in [7, 11) is -1.99. The Hall–Kier alpha value is -2.94. The van der Waals surface area contributed by atoms with Gasteiger partial charge in [0.25, 0.3) is 0 Å². The van der Waals surface area contributed by atoms with Crippen LogP contribution >= 0.6 is 0 Å². The molecule has 1 aliphatic rings. The van der Waals surface area contributed by atoms with Crippen molar-refractivity contribution >= 4 is 27.3 Å². The van der Waals surface area contributed by atoms with Crippen LogP contribution in [0, 0.1) is 0 Å². The molecular formula is C23H31N3O5S. The van der Waals surface area contributed by atoms with E-state index in [1.807, 2.05) is 31.2 Å². The molecule has 1 fully saturated rings. The molecule has 9 heteroatoms. The molecule has 8 nitrogen and oxygen atoms in total. The van der Waals surface area contributed by atoms with E-state index in [-0.39, 0.29) is 12.5 Å². The normalized spacial score (nSPS) is 14.2. The third kappa shape index (κ3) is 5.85. The molecule has 2 aromatic rings. The van der Waals surface area contributed by atoms with Gasteiger partial charge in [-0.2, -0.15) is 0 Å². The van der Waals surface area contributed by atoms with Gasteiger partial charge in [-0.25, -0.2) is 8.42 Å². The number of para-hydroxylation sites is 2. The number of nitrogens with zero attached hydrogens (tertiary/aromatic N) is 3. The Morgan fingerprint density at radius 1 is 1.03 bits per heavy atom. The Morgan fingerprint density at radius 2 is 1.69 bits per heavy atom. The minimum absolute atomic E-state index is 0.221. The molecule has 0 saturated carbocycles. The molecule has 0 unspecified atom stereocenters. The Morgan fingerprint density at radius 3 is 2.28 bits per heavy atom. The maximum absolute atomic E-state index is 13.0. The predicted molar refractivity (Wildman–Crippen MR) is 126 cm³/mol. The summed E-state index contributed by atoms with van der Waals surface area (Å²) in [5.41, 5.74) is 1.43. The van der Waals surface area contributed by atoms with Crippen LogP contribution in [0.15, 0.2) is 48.5 Å². The summed E-state index contributed by atoms with van der Waals surface area (Å²) in [6.07, 6.45) is 2.00. The average Bonchev–Trinajstić information content (AvgIpc) is 2.81. The van der Waals surface area contributed by atoms with Gasteiger partial charge in [-0.05, 0) is 42.8 Å². The molecule has 0 atom stereocenters. The average molecular weight is 462 g/mol. The Labute approximate surface area is 190 Å². The lowest BCUT2D eigenvalue weighted by Crippen LogP contribution is -2.52. The summed E-state index contributed by atoms with van der Waals surface area (Å²) in [6.45, 7) is 4.69. The third-order valence-electron chi connectivity index (χ3n) is 5.33. The first kappa shape index (κ1) is 23.7. The summed E-state index contributed by atoms with van der Waals surface area (Å²) in [5.74, 6) is 1.24. The van der Waals surface area contributed by atoms with Crippen LogP contribution < -0.4 is 18.7 Å². The quantitative estimate of drug-likeness (QED) is 0.571. The van der Waals surface area contributed by atoms with Gasteiger partial charge < -0.3 is 19.3 Å². The molecule has 174 valence electrons. The lowest BCUT2D eigenvalue weighted by molar-refractivity contribution is -0.129. The van der Waals surface area contributed by atoms with Gasteiger partial charge in [0.1, 0.15) is 18.0 Å². The van der Waals surface area contributed by atoms with Gasteiger partial charge in [0.15, 0.2) is 0 Å². The molecule has 0 aliphatic carbocycles. The molecule has 1 heterocycles. The highest BCUT2D eigenvalue weighted by Crippen LogP contribution is 2.28. The highest BCUT2D eigenvalue weighted by molar-refractivity contribution is 7.92. The van der Waals surface area contributed by atoms with E-state index in [0.29, 0.717) is 44.2 Å². The fourth-order valence-electron chi connectivity index (χ4n) is 3.64. The van der Waals surface area contributed by atoms with E-state index in [1.165, 1.54) is 0 Å². The van der Waals surface area contributed by atoms with E-state index in [2.05, 4.69) is 4.90 Å². The second-order valence-corrected chi connectivity index (χ2v) is 9.56. The molecule has 0 aromatic heterocycles. The molecule has 0 N–H and O–H groups in total. The van der Waals surface area contributed by atoms with Crippen LogP contribution in [0.4, 0.5) is 11.4 Å². The lowest BCUT2D eigenvalue weighted by atomic mass is 10.2. The second kappa shape index (κ2) is 10.6. The van der Waals surface area contributed by atoms with Crippen LogP contribution in [-0.4, -0.2) is 71.9 Å². The van der Waals surface area contributed by atoms with Crippen molar-refractivity contribution in [2.45, 2.75) is 13.3 Å². The third-order valence-corrected chi connectivity index (χ3v) is 6.48. The summed E-state index contributed by atoms with van der Waals surface area (Å²) in [4.78, 5) is 16.8. The van der Waals surface area contributed by atoms with Gasteiger partial charge in [0.05, 0.1) is 31.3 Å². The fourth-order valence-corrected chi connectivity index (χ4v) is 4.49. The van der Waals surface area contributed by atoms with E-state index in [4.69, 9.17) is 9.47 Å². The second-order valence-electron chi connectivity index (χ2n) is 7.65. The molecule has 0 radical (unpaired) electrons. The number of carbonyl (C=O) groups excluding carboxylic acids is 1. The molecule has 0 spiro atoms. The SMILES string of the molecule is CCCOc1ccc(N(CC(=O)N2CCN(c3ccccc3OC)CC2)S(C)(=O)=O)cc1. The number of piperazine rings is 1. The van der Waals surface area contributed by atoms with Gasteiger partial charge in [-0.15, -0.1) is 0 Å². The van der Waals surface area contributed by atoms with Crippen molar-refractivity contribution in [2.24, 2.45) is 0 Å². The smallest absolute Gasteiger partial charge is 0.243 e. The highest BCUT2D eigenvalue weighted by atomic mass is 32.2. The minimum atomic E-state index is -3.63. The molecule has 0 bridgehead atoms. The summed E-state index contributed by atoms with van der Waals surface area (Å²) in [5, 5.41) is 0. The standard InChI is InChI=1S/C23H31N3O5S/c1-4-17-31-20-11-9-19(10-12-20)26(32(3,28)29)18-23(27)25-15-13-24(14-16-25)21-7-5-6-8-22(21)30-2/h5-12H,4,13-18H2,1-3H3. The van der Waals surface area contributed by atoms with E-state index < -0.39 is 10.0 Å². The number of sulfonamides is 1. The van der Waals surface area contributed by atoms with Gasteiger partial charge >= 0.3 is 0 Å². The Bertz CT molecular complexity index is 1000. The number of amides is 1. The zero-order valence-electron chi connectivity index (χ0n) is 18.9.